The molecule has 0 amide bonds. The summed E-state index contributed by atoms with van der Waals surface area (Å²) in [4.78, 5) is 0. The SMILES string of the molecule is CC#C[CH]C(F)(F)F. The lowest BCUT2D eigenvalue weighted by Crippen LogP contribution is -2.05. The van der Waals surface area contributed by atoms with Crippen LogP contribution in [0.3, 0.4) is 0 Å². The molecule has 0 aliphatic rings. The molecule has 0 N–H and O–H groups in total. The van der Waals surface area contributed by atoms with Crippen molar-refractivity contribution >= 4 is 0 Å². The first-order valence-corrected chi connectivity index (χ1v) is 1.89. The van der Waals surface area contributed by atoms with Crippen molar-refractivity contribution in [2.45, 2.75) is 13.1 Å². The zero-order chi connectivity index (χ0) is 6.62. The van der Waals surface area contributed by atoms with Crippen molar-refractivity contribution in [3.63, 3.8) is 0 Å². The van der Waals surface area contributed by atoms with E-state index in [1.165, 1.54) is 6.92 Å². The van der Waals surface area contributed by atoms with E-state index in [-0.39, 0.29) is 6.42 Å². The van der Waals surface area contributed by atoms with Crippen LogP contribution in [-0.4, -0.2) is 6.18 Å². The van der Waals surface area contributed by atoms with Gasteiger partial charge >= 0.3 is 6.18 Å². The van der Waals surface area contributed by atoms with Crippen LogP contribution in [0.1, 0.15) is 6.92 Å². The van der Waals surface area contributed by atoms with E-state index in [9.17, 15) is 13.2 Å². The lowest BCUT2D eigenvalue weighted by atomic mass is 10.4. The lowest BCUT2D eigenvalue weighted by molar-refractivity contribution is -0.0909. The van der Waals surface area contributed by atoms with Crippen LogP contribution in [0.4, 0.5) is 13.2 Å². The van der Waals surface area contributed by atoms with Gasteiger partial charge in [-0.1, -0.05) is 5.92 Å². The van der Waals surface area contributed by atoms with Crippen molar-refractivity contribution in [1.82, 2.24) is 0 Å². The highest BCUT2D eigenvalue weighted by Crippen LogP contribution is 2.16. The Labute approximate surface area is 45.7 Å². The van der Waals surface area contributed by atoms with Gasteiger partial charge in [0.1, 0.15) is 6.42 Å². The monoisotopic (exact) mass is 121 g/mol. The fraction of sp³-hybridized carbons (Fsp3) is 0.400. The van der Waals surface area contributed by atoms with Crippen LogP contribution in [0, 0.1) is 18.3 Å². The van der Waals surface area contributed by atoms with Gasteiger partial charge in [0.25, 0.3) is 0 Å². The van der Waals surface area contributed by atoms with Crippen molar-refractivity contribution < 1.29 is 13.2 Å². The minimum atomic E-state index is -4.25. The fourth-order valence-electron chi connectivity index (χ4n) is 0.154. The number of hydrogen-bond donors (Lipinski definition) is 0. The molecule has 0 rings (SSSR count). The standard InChI is InChI=1S/C5H4F3/c1-2-3-4-5(6,7)8/h4H,1H3. The average molecular weight is 121 g/mol. The summed E-state index contributed by atoms with van der Waals surface area (Å²) in [5.41, 5.74) is 0. The van der Waals surface area contributed by atoms with Crippen LogP contribution in [0.15, 0.2) is 0 Å². The second-order valence-corrected chi connectivity index (χ2v) is 1.08. The Morgan fingerprint density at radius 2 is 1.88 bits per heavy atom. The summed E-state index contributed by atoms with van der Waals surface area (Å²) >= 11 is 0. The smallest absolute Gasteiger partial charge is 0.170 e. The minimum Gasteiger partial charge on any atom is -0.170 e. The van der Waals surface area contributed by atoms with Crippen LogP contribution in [0.25, 0.3) is 0 Å². The first kappa shape index (κ1) is 7.35. The Bertz CT molecular complexity index is 112. The van der Waals surface area contributed by atoms with Crippen molar-refractivity contribution in [1.29, 1.82) is 0 Å². The molecule has 0 nitrogen and oxygen atoms in total. The summed E-state index contributed by atoms with van der Waals surface area (Å²) in [5.74, 6) is 3.89. The molecule has 0 saturated heterocycles. The molecular formula is C5H4F3. The van der Waals surface area contributed by atoms with Crippen molar-refractivity contribution in [2.24, 2.45) is 0 Å². The van der Waals surface area contributed by atoms with Gasteiger partial charge in [-0.3, -0.25) is 0 Å². The van der Waals surface area contributed by atoms with Gasteiger partial charge in [0.15, 0.2) is 0 Å². The molecule has 0 bridgehead atoms. The molecule has 0 aromatic carbocycles. The van der Waals surface area contributed by atoms with Gasteiger partial charge in [0.2, 0.25) is 0 Å². The summed E-state index contributed by atoms with van der Waals surface area (Å²) < 4.78 is 33.3. The van der Waals surface area contributed by atoms with E-state index in [0.29, 0.717) is 0 Å². The molecule has 0 unspecified atom stereocenters. The zero-order valence-corrected chi connectivity index (χ0v) is 4.21. The summed E-state index contributed by atoms with van der Waals surface area (Å²) in [5, 5.41) is 0. The number of halogens is 3. The van der Waals surface area contributed by atoms with Gasteiger partial charge in [-0.15, -0.1) is 5.92 Å². The molecule has 1 radical (unpaired) electrons. The van der Waals surface area contributed by atoms with Crippen LogP contribution in [0.5, 0.6) is 0 Å². The normalized spacial score (nSPS) is 10.0. The summed E-state index contributed by atoms with van der Waals surface area (Å²) in [6.45, 7) is 1.35. The Kier molecular flexibility index (Phi) is 2.40. The van der Waals surface area contributed by atoms with Gasteiger partial charge in [-0.05, 0) is 6.92 Å². The van der Waals surface area contributed by atoms with Crippen LogP contribution in [0.2, 0.25) is 0 Å². The van der Waals surface area contributed by atoms with E-state index in [1.54, 1.807) is 5.92 Å². The zero-order valence-electron chi connectivity index (χ0n) is 4.21. The Morgan fingerprint density at radius 3 is 2.00 bits per heavy atom. The molecule has 0 aromatic rings. The molecule has 0 aliphatic heterocycles. The van der Waals surface area contributed by atoms with Crippen LogP contribution < -0.4 is 0 Å². The van der Waals surface area contributed by atoms with E-state index in [0.717, 1.165) is 0 Å². The first-order chi connectivity index (χ1) is 3.56. The van der Waals surface area contributed by atoms with Gasteiger partial charge in [0, 0.05) is 0 Å². The van der Waals surface area contributed by atoms with E-state index in [4.69, 9.17) is 0 Å². The fourth-order valence-corrected chi connectivity index (χ4v) is 0.154. The highest BCUT2D eigenvalue weighted by molar-refractivity contribution is 5.10. The lowest BCUT2D eigenvalue weighted by Gasteiger charge is -1.95. The maximum atomic E-state index is 11.1. The summed E-state index contributed by atoms with van der Waals surface area (Å²) in [6, 6.07) is 0. The maximum absolute atomic E-state index is 11.1. The molecule has 45 valence electrons. The molecule has 0 aromatic heterocycles. The van der Waals surface area contributed by atoms with E-state index < -0.39 is 6.18 Å². The van der Waals surface area contributed by atoms with Crippen LogP contribution in [-0.2, 0) is 0 Å². The van der Waals surface area contributed by atoms with E-state index in [1.807, 2.05) is 0 Å². The molecule has 3 heteroatoms. The largest absolute Gasteiger partial charge is 0.403 e. The predicted octanol–water partition coefficient (Wildman–Crippen LogP) is 1.78. The van der Waals surface area contributed by atoms with Crippen molar-refractivity contribution in [3.8, 4) is 11.8 Å². The molecular weight excluding hydrogens is 117 g/mol. The molecule has 0 heterocycles. The molecule has 8 heavy (non-hydrogen) atoms. The van der Waals surface area contributed by atoms with Crippen molar-refractivity contribution in [2.75, 3.05) is 0 Å². The van der Waals surface area contributed by atoms with Gasteiger partial charge < -0.3 is 0 Å². The number of rotatable bonds is 0. The van der Waals surface area contributed by atoms with Crippen LogP contribution >= 0.6 is 0 Å². The quantitative estimate of drug-likeness (QED) is 0.428. The molecule has 0 fully saturated rings. The third kappa shape index (κ3) is 5.35. The topological polar surface area (TPSA) is 0 Å². The third-order valence-electron chi connectivity index (χ3n) is 0.380. The third-order valence-corrected chi connectivity index (χ3v) is 0.380. The molecule has 0 aliphatic carbocycles. The van der Waals surface area contributed by atoms with E-state index in [2.05, 4.69) is 5.92 Å². The molecule has 0 saturated carbocycles. The molecule has 0 atom stereocenters. The predicted molar refractivity (Wildman–Crippen MR) is 23.8 cm³/mol. The average Bonchev–Trinajstić information content (AvgIpc) is 1.59. The second kappa shape index (κ2) is 2.61. The Hall–Kier alpha value is -0.650. The summed E-state index contributed by atoms with van der Waals surface area (Å²) in [7, 11) is 0. The van der Waals surface area contributed by atoms with Gasteiger partial charge in [-0.2, -0.15) is 13.2 Å². The number of alkyl halides is 3. The Balaban J connectivity index is 3.50. The van der Waals surface area contributed by atoms with Gasteiger partial charge in [0.05, 0.1) is 0 Å². The number of hydrogen-bond acceptors (Lipinski definition) is 0. The highest BCUT2D eigenvalue weighted by Gasteiger charge is 2.25. The maximum Gasteiger partial charge on any atom is 0.403 e. The second-order valence-electron chi connectivity index (χ2n) is 1.08. The molecule has 0 spiro atoms. The first-order valence-electron chi connectivity index (χ1n) is 1.89. The van der Waals surface area contributed by atoms with Crippen molar-refractivity contribution in [3.05, 3.63) is 6.42 Å². The Morgan fingerprint density at radius 1 is 1.38 bits per heavy atom. The highest BCUT2D eigenvalue weighted by atomic mass is 19.4. The minimum absolute atomic E-state index is 0.00694. The summed E-state index contributed by atoms with van der Waals surface area (Å²) in [6.07, 6.45) is -4.24. The van der Waals surface area contributed by atoms with E-state index >= 15 is 0 Å². The van der Waals surface area contributed by atoms with Gasteiger partial charge in [-0.25, -0.2) is 0 Å².